The molecule has 3 aliphatic heterocycles. The van der Waals surface area contributed by atoms with Crippen molar-refractivity contribution in [2.24, 2.45) is 0 Å². The number of aromatic nitrogens is 6. The number of halogens is 2. The van der Waals surface area contributed by atoms with Gasteiger partial charge in [0, 0.05) is 139 Å². The quantitative estimate of drug-likeness (QED) is 0.0784. The Morgan fingerprint density at radius 2 is 0.962 bits per heavy atom. The van der Waals surface area contributed by atoms with Crippen LogP contribution < -0.4 is 0 Å². The molecule has 105 heavy (non-hydrogen) atoms. The summed E-state index contributed by atoms with van der Waals surface area (Å²) in [6.07, 6.45) is 19.2. The smallest absolute Gasteiger partial charge is 0.410 e. The molecule has 4 amide bonds. The van der Waals surface area contributed by atoms with Crippen molar-refractivity contribution in [3.63, 3.8) is 0 Å². The van der Waals surface area contributed by atoms with Gasteiger partial charge in [0.2, 0.25) is 11.8 Å². The number of ketones is 1. The lowest BCUT2D eigenvalue weighted by atomic mass is 9.92. The van der Waals surface area contributed by atoms with E-state index in [2.05, 4.69) is 54.7 Å². The van der Waals surface area contributed by atoms with Crippen molar-refractivity contribution >= 4 is 53.0 Å². The summed E-state index contributed by atoms with van der Waals surface area (Å²) < 4.78 is 28.2. The highest BCUT2D eigenvalue weighted by Crippen LogP contribution is 2.42. The lowest BCUT2D eigenvalue weighted by molar-refractivity contribution is -0.188. The zero-order chi connectivity index (χ0) is 72.4. The number of fused-ring (bicyclic) bond motifs is 4. The van der Waals surface area contributed by atoms with Gasteiger partial charge in [0.15, 0.2) is 5.79 Å². The van der Waals surface area contributed by atoms with Gasteiger partial charge in [-0.3, -0.25) is 44.0 Å². The number of pyridine rings is 2. The maximum Gasteiger partial charge on any atom is 0.410 e. The lowest BCUT2D eigenvalue weighted by Gasteiger charge is -2.45. The monoisotopic (exact) mass is 1460 g/mol. The second-order valence-electron chi connectivity index (χ2n) is 29.0. The van der Waals surface area contributed by atoms with Gasteiger partial charge >= 0.3 is 12.2 Å². The first-order valence-corrected chi connectivity index (χ1v) is 38.2. The molecule has 0 N–H and O–H groups in total. The first kappa shape index (κ1) is 73.1. The molecule has 1 spiro atoms. The van der Waals surface area contributed by atoms with E-state index >= 15 is 4.79 Å². The Morgan fingerprint density at radius 1 is 0.524 bits per heavy atom. The average Bonchev–Trinajstić information content (AvgIpc) is 1.75. The number of amides is 4. The summed E-state index contributed by atoms with van der Waals surface area (Å²) in [5.74, 6) is -0.564. The Hall–Kier alpha value is -8.83. The van der Waals surface area contributed by atoms with Crippen LogP contribution >= 0.6 is 23.2 Å². The highest BCUT2D eigenvalue weighted by Gasteiger charge is 2.47. The van der Waals surface area contributed by atoms with Crippen LogP contribution in [-0.4, -0.2) is 184 Å². The molecule has 8 aromatic rings. The Balaban J connectivity index is 0.000000177. The number of carbonyl (C=O) groups is 5. The molecule has 4 aromatic carbocycles. The van der Waals surface area contributed by atoms with E-state index in [1.807, 2.05) is 157 Å². The third kappa shape index (κ3) is 17.7. The normalized spacial score (nSPS) is 20.5. The van der Waals surface area contributed by atoms with E-state index in [1.54, 1.807) is 9.80 Å². The van der Waals surface area contributed by atoms with Gasteiger partial charge in [-0.1, -0.05) is 108 Å². The summed E-state index contributed by atoms with van der Waals surface area (Å²) in [7, 11) is 0. The van der Waals surface area contributed by atoms with E-state index in [9.17, 15) is 19.2 Å². The van der Waals surface area contributed by atoms with Gasteiger partial charge in [-0.2, -0.15) is 0 Å². The third-order valence-corrected chi connectivity index (χ3v) is 22.4. The molecule has 4 atom stereocenters. The van der Waals surface area contributed by atoms with E-state index in [0.29, 0.717) is 147 Å². The van der Waals surface area contributed by atoms with Crippen LogP contribution in [0, 0.1) is 13.8 Å². The SMILES string of the molecule is Cc1cn(CCCN(Cc2ccccc2)C(=O)[C@H]2CN(C3c4ccc(Cl)cc4CCc4cccnc43)CCN2C(=O)OC2CCC(=O)CC2)cn1.Cc1cn(CCCN(Cc2ccccc2)C(=O)[C@H]2CN(C3c4ccc(Cl)cc4CCc4cccnc43)CCN2C(=O)OC2CCC3(CC2)OCCO3)cn1. The van der Waals surface area contributed by atoms with Gasteiger partial charge < -0.3 is 37.9 Å². The van der Waals surface area contributed by atoms with Crippen LogP contribution in [0.5, 0.6) is 0 Å². The summed E-state index contributed by atoms with van der Waals surface area (Å²) in [5, 5.41) is 1.40. The largest absolute Gasteiger partial charge is 0.446 e. The van der Waals surface area contributed by atoms with Crippen molar-refractivity contribution in [3.05, 3.63) is 236 Å². The Labute approximate surface area is 624 Å². The molecule has 2 unspecified atom stereocenters. The highest BCUT2D eigenvalue weighted by atomic mass is 35.5. The van der Waals surface area contributed by atoms with E-state index in [1.165, 1.54) is 22.3 Å². The molecule has 23 heteroatoms. The number of rotatable bonds is 18. The molecule has 21 nitrogen and oxygen atoms in total. The predicted octanol–water partition coefficient (Wildman–Crippen LogP) is 12.5. The van der Waals surface area contributed by atoms with E-state index in [0.717, 1.165) is 90.1 Å². The van der Waals surface area contributed by atoms with Crippen molar-refractivity contribution in [2.45, 2.75) is 172 Å². The summed E-state index contributed by atoms with van der Waals surface area (Å²) in [6, 6.07) is 38.5. The molecule has 4 aliphatic carbocycles. The molecule has 550 valence electrons. The average molecular weight is 1460 g/mol. The van der Waals surface area contributed by atoms with Crippen LogP contribution in [-0.2, 0) is 85.2 Å². The number of carbonyl (C=O) groups excluding carboxylic acids is 5. The molecule has 3 saturated heterocycles. The minimum Gasteiger partial charge on any atom is -0.446 e. The number of nitrogens with zero attached hydrogens (tertiary/aromatic N) is 12. The predicted molar refractivity (Wildman–Crippen MR) is 398 cm³/mol. The zero-order valence-electron chi connectivity index (χ0n) is 60.1. The minimum atomic E-state index is -0.790. The van der Waals surface area contributed by atoms with E-state index < -0.39 is 30.1 Å². The molecule has 4 aromatic heterocycles. The van der Waals surface area contributed by atoms with Crippen molar-refractivity contribution in [1.29, 1.82) is 0 Å². The fourth-order valence-corrected chi connectivity index (χ4v) is 16.9. The number of piperazine rings is 2. The topological polar surface area (TPSA) is 203 Å². The number of ether oxygens (including phenoxy) is 4. The molecular weight excluding hydrogens is 1370 g/mol. The van der Waals surface area contributed by atoms with Crippen LogP contribution in [0.15, 0.2) is 159 Å². The second kappa shape index (κ2) is 33.7. The number of benzene rings is 4. The van der Waals surface area contributed by atoms with Crippen molar-refractivity contribution in [2.75, 3.05) is 65.6 Å². The molecule has 0 radical (unpaired) electrons. The lowest BCUT2D eigenvalue weighted by Crippen LogP contribution is -2.62. The maximum absolute atomic E-state index is 15.1. The van der Waals surface area contributed by atoms with Gasteiger partial charge in [0.25, 0.3) is 0 Å². The number of Topliss-reactive ketones (excluding diaryl/α,β-unsaturated/α-hetero) is 1. The highest BCUT2D eigenvalue weighted by molar-refractivity contribution is 6.31. The molecule has 7 heterocycles. The minimum absolute atomic E-state index is 0.0936. The fraction of sp³-hybridized carbons (Fsp3) is 0.451. The van der Waals surface area contributed by atoms with Gasteiger partial charge in [0.05, 0.1) is 60.7 Å². The van der Waals surface area contributed by atoms with Crippen molar-refractivity contribution in [3.8, 4) is 0 Å². The summed E-state index contributed by atoms with van der Waals surface area (Å²) in [5.41, 5.74) is 12.9. The first-order valence-electron chi connectivity index (χ1n) is 37.4. The summed E-state index contributed by atoms with van der Waals surface area (Å²) in [4.78, 5) is 101. The molecule has 0 bridgehead atoms. The fourth-order valence-electron chi connectivity index (χ4n) is 16.5. The molecule has 2 saturated carbocycles. The molecule has 5 fully saturated rings. The Kier molecular flexibility index (Phi) is 23.5. The van der Waals surface area contributed by atoms with Crippen LogP contribution in [0.25, 0.3) is 0 Å². The van der Waals surface area contributed by atoms with Crippen LogP contribution in [0.4, 0.5) is 9.59 Å². The van der Waals surface area contributed by atoms with Crippen LogP contribution in [0.1, 0.15) is 144 Å². The van der Waals surface area contributed by atoms with Crippen LogP contribution in [0.3, 0.4) is 0 Å². The number of imidazole rings is 2. The Bertz CT molecular complexity index is 4320. The third-order valence-electron chi connectivity index (χ3n) is 21.9. The molecule has 7 aliphatic rings. The van der Waals surface area contributed by atoms with Crippen molar-refractivity contribution < 1.29 is 42.9 Å². The van der Waals surface area contributed by atoms with Crippen LogP contribution in [0.2, 0.25) is 10.0 Å². The summed E-state index contributed by atoms with van der Waals surface area (Å²) in [6.45, 7) is 10.8. The number of aryl methyl sites for hydroxylation is 8. The van der Waals surface area contributed by atoms with Gasteiger partial charge in [-0.05, 0) is 159 Å². The van der Waals surface area contributed by atoms with Gasteiger partial charge in [-0.25, -0.2) is 19.6 Å². The van der Waals surface area contributed by atoms with Gasteiger partial charge in [0.1, 0.15) is 30.1 Å². The Morgan fingerprint density at radius 3 is 1.40 bits per heavy atom. The maximum atomic E-state index is 15.1. The zero-order valence-corrected chi connectivity index (χ0v) is 61.6. The van der Waals surface area contributed by atoms with Crippen molar-refractivity contribution in [1.82, 2.24) is 58.5 Å². The van der Waals surface area contributed by atoms with E-state index in [-0.39, 0.29) is 41.9 Å². The van der Waals surface area contributed by atoms with Gasteiger partial charge in [-0.15, -0.1) is 0 Å². The molecule has 15 rings (SSSR count). The first-order chi connectivity index (χ1) is 51.2. The number of hydrogen-bond donors (Lipinski definition) is 0. The number of hydrogen-bond acceptors (Lipinski definition) is 15. The van der Waals surface area contributed by atoms with E-state index in [4.69, 9.17) is 52.1 Å². The second-order valence-corrected chi connectivity index (χ2v) is 29.9. The summed E-state index contributed by atoms with van der Waals surface area (Å²) >= 11 is 13.0. The standard InChI is InChI=1S/C42H49ClN6O5.C40H45ClN6O4/c1-30-26-46(29-45-30)19-6-20-48(27-31-7-3-2-4-8-31)40(50)37-28-47(21-22-49(37)41(51)54-35-14-16-42(17-15-35)52-23-24-53-42)39-36-13-12-34(43)25-33(36)11-10-32-9-5-18-44-38(32)39;1-28-24-44(27-43-28)19-6-20-46(25-29-7-3-2-4-8-29)39(49)36-26-45(21-22-47(36)40(50)51-34-15-13-33(48)14-16-34)38-35-17-12-32(41)23-31(35)11-10-30-9-5-18-42-37(30)38/h2-5,7-9,12-13,18,25-26,29,35,37,39H,6,10-11,14-17,19-24,27-28H2,1H3;2-5,7-9,12,17-18,23-24,27,34,36,38H,6,10-11,13-16,19-22,25-26H2,1H3/t37-,39?;36-,38?/m11/s1. The molecular formula is C82H94Cl2N12O9.